The summed E-state index contributed by atoms with van der Waals surface area (Å²) in [4.78, 5) is 25.0. The van der Waals surface area contributed by atoms with Gasteiger partial charge in [-0.25, -0.2) is 0 Å². The summed E-state index contributed by atoms with van der Waals surface area (Å²) in [7, 11) is 0. The molecule has 0 saturated carbocycles. The number of carbonyl (C=O) groups is 2. The Bertz CT molecular complexity index is 1090. The Morgan fingerprint density at radius 1 is 1.06 bits per heavy atom. The summed E-state index contributed by atoms with van der Waals surface area (Å²) in [6.07, 6.45) is 0. The molecular weight excluding hydrogens is 422 g/mol. The lowest BCUT2D eigenvalue weighted by Gasteiger charge is -2.15. The first kappa shape index (κ1) is 23.5. The highest BCUT2D eigenvalue weighted by atomic mass is 32.2. The number of amides is 2. The maximum atomic E-state index is 12.6. The Morgan fingerprint density at radius 2 is 1.72 bits per heavy atom. The van der Waals surface area contributed by atoms with Crippen LogP contribution in [0, 0.1) is 20.8 Å². The van der Waals surface area contributed by atoms with E-state index < -0.39 is 0 Å². The van der Waals surface area contributed by atoms with Crippen LogP contribution in [0.3, 0.4) is 0 Å². The minimum atomic E-state index is -0.323. The van der Waals surface area contributed by atoms with Gasteiger partial charge in [0, 0.05) is 17.8 Å². The zero-order chi connectivity index (χ0) is 23.3. The monoisotopic (exact) mass is 451 g/mol. The molecule has 0 bridgehead atoms. The second-order valence-corrected chi connectivity index (χ2v) is 8.70. The Labute approximate surface area is 193 Å². The number of nitrogens with one attached hydrogen (secondary N) is 2. The summed E-state index contributed by atoms with van der Waals surface area (Å²) >= 11 is 1.33. The number of thioether (sulfide) groups is 1. The van der Waals surface area contributed by atoms with Crippen molar-refractivity contribution in [2.24, 2.45) is 0 Å². The van der Waals surface area contributed by atoms with Gasteiger partial charge in [-0.15, -0.1) is 10.2 Å². The molecule has 0 radical (unpaired) electrons. The van der Waals surface area contributed by atoms with Crippen LogP contribution in [0.2, 0.25) is 0 Å². The number of hydrogen-bond donors (Lipinski definition) is 2. The highest BCUT2D eigenvalue weighted by molar-refractivity contribution is 7.99. The third-order valence-electron chi connectivity index (χ3n) is 5.11. The van der Waals surface area contributed by atoms with E-state index >= 15 is 0 Å². The van der Waals surface area contributed by atoms with Crippen molar-refractivity contribution in [2.45, 2.75) is 52.4 Å². The fraction of sp³-hybridized carbons (Fsp3) is 0.333. The summed E-state index contributed by atoms with van der Waals surface area (Å²) in [5, 5.41) is 15.2. The number of nitrogens with zero attached hydrogens (tertiary/aromatic N) is 3. The van der Waals surface area contributed by atoms with E-state index in [0.717, 1.165) is 16.8 Å². The summed E-state index contributed by atoms with van der Waals surface area (Å²) in [6, 6.07) is 12.8. The van der Waals surface area contributed by atoms with Crippen LogP contribution in [0.5, 0.6) is 0 Å². The topological polar surface area (TPSA) is 88.9 Å². The molecular formula is C24H29N5O2S. The van der Waals surface area contributed by atoms with Crippen LogP contribution >= 0.6 is 11.8 Å². The molecule has 0 aliphatic rings. The number of aryl methyl sites for hydroxylation is 3. The van der Waals surface area contributed by atoms with Crippen molar-refractivity contribution in [3.8, 4) is 0 Å². The second kappa shape index (κ2) is 10.5. The molecule has 0 aliphatic carbocycles. The SMILES string of the molecule is CCn1c(SCC(=O)Nc2c(C)cc(C)cc2C)nnc1[C@@H](C)NC(=O)c1ccccc1. The standard InChI is InChI=1S/C24H29N5O2S/c1-6-29-22(18(5)25-23(31)19-10-8-7-9-11-19)27-28-24(29)32-14-20(30)26-21-16(3)12-15(2)13-17(21)4/h7-13,18H,6,14H2,1-5H3,(H,25,31)(H,26,30)/t18-/m1/s1. The van der Waals surface area contributed by atoms with Crippen LogP contribution in [0.1, 0.15) is 52.8 Å². The molecule has 2 aromatic carbocycles. The van der Waals surface area contributed by atoms with Gasteiger partial charge in [0.05, 0.1) is 11.8 Å². The highest BCUT2D eigenvalue weighted by Gasteiger charge is 2.20. The van der Waals surface area contributed by atoms with Gasteiger partial charge in [0.1, 0.15) is 0 Å². The molecule has 1 aromatic heterocycles. The number of carbonyl (C=O) groups excluding carboxylic acids is 2. The fourth-order valence-electron chi connectivity index (χ4n) is 3.64. The molecule has 0 spiro atoms. The molecule has 2 amide bonds. The number of aromatic nitrogens is 3. The number of rotatable bonds is 8. The predicted octanol–water partition coefficient (Wildman–Crippen LogP) is 4.45. The summed E-state index contributed by atoms with van der Waals surface area (Å²) < 4.78 is 1.93. The van der Waals surface area contributed by atoms with E-state index in [1.165, 1.54) is 17.3 Å². The third kappa shape index (κ3) is 5.56. The van der Waals surface area contributed by atoms with E-state index in [-0.39, 0.29) is 23.6 Å². The van der Waals surface area contributed by atoms with Gasteiger partial charge in [-0.1, -0.05) is 47.7 Å². The first-order valence-corrected chi connectivity index (χ1v) is 11.6. The molecule has 7 nitrogen and oxygen atoms in total. The molecule has 1 atom stereocenters. The molecule has 0 aliphatic heterocycles. The van der Waals surface area contributed by atoms with E-state index in [9.17, 15) is 9.59 Å². The van der Waals surface area contributed by atoms with Crippen LogP contribution in [0.25, 0.3) is 0 Å². The Morgan fingerprint density at radius 3 is 2.34 bits per heavy atom. The number of hydrogen-bond acceptors (Lipinski definition) is 5. The summed E-state index contributed by atoms with van der Waals surface area (Å²) in [6.45, 7) is 10.5. The lowest BCUT2D eigenvalue weighted by atomic mass is 10.1. The van der Waals surface area contributed by atoms with Gasteiger partial charge in [-0.2, -0.15) is 0 Å². The van der Waals surface area contributed by atoms with Gasteiger partial charge in [0.2, 0.25) is 5.91 Å². The zero-order valence-corrected chi connectivity index (χ0v) is 19.9. The van der Waals surface area contributed by atoms with E-state index in [1.807, 2.05) is 57.4 Å². The molecule has 8 heteroatoms. The normalized spacial score (nSPS) is 11.8. The van der Waals surface area contributed by atoms with Crippen LogP contribution in [0.15, 0.2) is 47.6 Å². The van der Waals surface area contributed by atoms with Gasteiger partial charge in [0.15, 0.2) is 11.0 Å². The fourth-order valence-corrected chi connectivity index (χ4v) is 4.45. The van der Waals surface area contributed by atoms with Gasteiger partial charge in [-0.05, 0) is 57.9 Å². The first-order valence-electron chi connectivity index (χ1n) is 10.6. The highest BCUT2D eigenvalue weighted by Crippen LogP contribution is 2.24. The van der Waals surface area contributed by atoms with Crippen molar-refractivity contribution in [3.05, 3.63) is 70.5 Å². The van der Waals surface area contributed by atoms with E-state index in [0.29, 0.717) is 23.1 Å². The molecule has 168 valence electrons. The smallest absolute Gasteiger partial charge is 0.251 e. The molecule has 0 saturated heterocycles. The largest absolute Gasteiger partial charge is 0.342 e. The van der Waals surface area contributed by atoms with Crippen molar-refractivity contribution in [1.29, 1.82) is 0 Å². The van der Waals surface area contributed by atoms with Crippen LogP contribution in [-0.2, 0) is 11.3 Å². The number of benzene rings is 2. The van der Waals surface area contributed by atoms with Crippen molar-refractivity contribution in [1.82, 2.24) is 20.1 Å². The maximum Gasteiger partial charge on any atom is 0.251 e. The average Bonchev–Trinajstić information content (AvgIpc) is 3.18. The minimum Gasteiger partial charge on any atom is -0.342 e. The molecule has 2 N–H and O–H groups in total. The van der Waals surface area contributed by atoms with Gasteiger partial charge in [0.25, 0.3) is 5.91 Å². The Kier molecular flexibility index (Phi) is 7.69. The van der Waals surface area contributed by atoms with Crippen molar-refractivity contribution < 1.29 is 9.59 Å². The lowest BCUT2D eigenvalue weighted by molar-refractivity contribution is -0.113. The average molecular weight is 452 g/mol. The van der Waals surface area contributed by atoms with E-state index in [4.69, 9.17) is 0 Å². The molecule has 0 unspecified atom stereocenters. The molecule has 1 heterocycles. The van der Waals surface area contributed by atoms with E-state index in [1.54, 1.807) is 12.1 Å². The van der Waals surface area contributed by atoms with Gasteiger partial charge in [-0.3, -0.25) is 9.59 Å². The quantitative estimate of drug-likeness (QED) is 0.494. The number of anilines is 1. The van der Waals surface area contributed by atoms with Crippen molar-refractivity contribution in [2.75, 3.05) is 11.1 Å². The zero-order valence-electron chi connectivity index (χ0n) is 19.1. The Balaban J connectivity index is 1.64. The van der Waals surface area contributed by atoms with E-state index in [2.05, 4.69) is 33.0 Å². The Hall–Kier alpha value is -3.13. The minimum absolute atomic E-state index is 0.0947. The molecule has 3 aromatic rings. The molecule has 32 heavy (non-hydrogen) atoms. The van der Waals surface area contributed by atoms with Crippen LogP contribution in [-0.4, -0.2) is 32.3 Å². The molecule has 3 rings (SSSR count). The van der Waals surface area contributed by atoms with Crippen molar-refractivity contribution >= 4 is 29.3 Å². The van der Waals surface area contributed by atoms with Gasteiger partial charge < -0.3 is 15.2 Å². The summed E-state index contributed by atoms with van der Waals surface area (Å²) in [5.41, 5.74) is 4.71. The predicted molar refractivity (Wildman–Crippen MR) is 128 cm³/mol. The van der Waals surface area contributed by atoms with Crippen LogP contribution < -0.4 is 10.6 Å². The molecule has 0 fully saturated rings. The van der Waals surface area contributed by atoms with Crippen molar-refractivity contribution in [3.63, 3.8) is 0 Å². The van der Waals surface area contributed by atoms with Crippen LogP contribution in [0.4, 0.5) is 5.69 Å². The third-order valence-corrected chi connectivity index (χ3v) is 6.07. The lowest BCUT2D eigenvalue weighted by Crippen LogP contribution is -2.28. The summed E-state index contributed by atoms with van der Waals surface area (Å²) in [5.74, 6) is 0.615. The first-order chi connectivity index (χ1) is 15.3. The second-order valence-electron chi connectivity index (χ2n) is 7.76. The maximum absolute atomic E-state index is 12.6. The van der Waals surface area contributed by atoms with Gasteiger partial charge >= 0.3 is 0 Å².